The molecule has 1 atom stereocenters. The van der Waals surface area contributed by atoms with Crippen LogP contribution in [-0.4, -0.2) is 64.4 Å². The Hall–Kier alpha value is -2.85. The Kier molecular flexibility index (Phi) is 5.00. The van der Waals surface area contributed by atoms with E-state index in [0.29, 0.717) is 28.8 Å². The minimum Gasteiger partial charge on any atom is -0.454 e. The van der Waals surface area contributed by atoms with Crippen molar-refractivity contribution in [1.82, 2.24) is 20.4 Å². The number of likely N-dealkylation sites (N-methyl/N-ethyl adjacent to an activating group) is 1. The van der Waals surface area contributed by atoms with E-state index < -0.39 is 18.7 Å². The Morgan fingerprint density at radius 1 is 1.40 bits per heavy atom. The lowest BCUT2D eigenvalue weighted by atomic mass is 10.2. The second-order valence-corrected chi connectivity index (χ2v) is 5.46. The molecular formula is C15H18N4O6. The van der Waals surface area contributed by atoms with E-state index in [1.165, 1.54) is 11.9 Å². The Bertz CT molecular complexity index is 749. The molecule has 3 N–H and O–H groups in total. The first-order valence-electron chi connectivity index (χ1n) is 7.57. The molecule has 1 aliphatic rings. The van der Waals surface area contributed by atoms with Crippen LogP contribution >= 0.6 is 0 Å². The van der Waals surface area contributed by atoms with Gasteiger partial charge in [0, 0.05) is 12.6 Å². The van der Waals surface area contributed by atoms with Crippen molar-refractivity contribution in [3.8, 4) is 23.0 Å². The fourth-order valence-electron chi connectivity index (χ4n) is 2.22. The Morgan fingerprint density at radius 3 is 3.00 bits per heavy atom. The highest BCUT2D eigenvalue weighted by atomic mass is 16.7. The van der Waals surface area contributed by atoms with Gasteiger partial charge in [-0.25, -0.2) is 4.79 Å². The summed E-state index contributed by atoms with van der Waals surface area (Å²) in [5, 5.41) is 24.5. The first-order valence-corrected chi connectivity index (χ1v) is 7.57. The largest absolute Gasteiger partial charge is 0.454 e. The van der Waals surface area contributed by atoms with Crippen molar-refractivity contribution >= 4 is 6.03 Å². The van der Waals surface area contributed by atoms with Gasteiger partial charge >= 0.3 is 6.03 Å². The molecule has 2 amide bonds. The number of aromatic nitrogens is 2. The number of aliphatic hydroxyl groups excluding tert-OH is 2. The van der Waals surface area contributed by atoms with Crippen LogP contribution in [0.5, 0.6) is 11.5 Å². The molecule has 0 aliphatic carbocycles. The molecule has 0 radical (unpaired) electrons. The maximum atomic E-state index is 11.9. The Morgan fingerprint density at radius 2 is 2.20 bits per heavy atom. The molecule has 1 aromatic heterocycles. The number of nitrogens with one attached hydrogen (secondary N) is 1. The second kappa shape index (κ2) is 7.36. The number of ether oxygens (including phenoxy) is 2. The molecular weight excluding hydrogens is 332 g/mol. The summed E-state index contributed by atoms with van der Waals surface area (Å²) in [6, 6.07) is 4.84. The van der Waals surface area contributed by atoms with Crippen molar-refractivity contribution in [2.75, 3.05) is 27.0 Å². The zero-order chi connectivity index (χ0) is 17.8. The van der Waals surface area contributed by atoms with Crippen molar-refractivity contribution in [2.24, 2.45) is 0 Å². The molecule has 0 unspecified atom stereocenters. The zero-order valence-electron chi connectivity index (χ0n) is 13.5. The van der Waals surface area contributed by atoms with E-state index in [9.17, 15) is 9.90 Å². The van der Waals surface area contributed by atoms with Crippen LogP contribution in [0.1, 0.15) is 5.82 Å². The van der Waals surface area contributed by atoms with Gasteiger partial charge in [-0.1, -0.05) is 5.16 Å². The zero-order valence-corrected chi connectivity index (χ0v) is 13.5. The molecule has 0 saturated heterocycles. The van der Waals surface area contributed by atoms with Gasteiger partial charge in [0.1, 0.15) is 0 Å². The maximum absolute atomic E-state index is 11.9. The van der Waals surface area contributed by atoms with Crippen molar-refractivity contribution in [2.45, 2.75) is 12.6 Å². The third-order valence-electron chi connectivity index (χ3n) is 3.53. The highest BCUT2D eigenvalue weighted by molar-refractivity contribution is 5.73. The van der Waals surface area contributed by atoms with Crippen LogP contribution in [0, 0.1) is 0 Å². The quantitative estimate of drug-likeness (QED) is 0.662. The molecule has 3 rings (SSSR count). The fraction of sp³-hybridized carbons (Fsp3) is 0.400. The number of aliphatic hydroxyl groups is 2. The van der Waals surface area contributed by atoms with Gasteiger partial charge in [0.2, 0.25) is 6.79 Å². The summed E-state index contributed by atoms with van der Waals surface area (Å²) >= 11 is 0. The van der Waals surface area contributed by atoms with Gasteiger partial charge < -0.3 is 34.4 Å². The molecule has 25 heavy (non-hydrogen) atoms. The molecule has 0 fully saturated rings. The van der Waals surface area contributed by atoms with Crippen molar-refractivity contribution < 1.29 is 29.0 Å². The molecule has 10 nitrogen and oxygen atoms in total. The summed E-state index contributed by atoms with van der Waals surface area (Å²) in [6.45, 7) is -0.163. The molecule has 2 aromatic rings. The standard InChI is InChI=1S/C15H18N4O6/c1-19(6-10(21)7-20)15(22)16-5-13-17-14(25-18-13)9-2-3-11-12(4-9)24-8-23-11/h2-4,10,20-21H,5-8H2,1H3,(H,16,22)/t10-/m1/s1. The number of hydrogen-bond acceptors (Lipinski definition) is 8. The highest BCUT2D eigenvalue weighted by Gasteiger charge is 2.18. The topological polar surface area (TPSA) is 130 Å². The van der Waals surface area contributed by atoms with E-state index in [0.717, 1.165) is 0 Å². The average Bonchev–Trinajstić information content (AvgIpc) is 3.27. The van der Waals surface area contributed by atoms with Gasteiger partial charge in [0.15, 0.2) is 17.3 Å². The van der Waals surface area contributed by atoms with Crippen LogP contribution in [0.2, 0.25) is 0 Å². The average molecular weight is 350 g/mol. The summed E-state index contributed by atoms with van der Waals surface area (Å²) in [5.41, 5.74) is 0.678. The molecule has 0 spiro atoms. The lowest BCUT2D eigenvalue weighted by molar-refractivity contribution is 0.0732. The normalized spacial score (nSPS) is 13.6. The van der Waals surface area contributed by atoms with Gasteiger partial charge in [0.05, 0.1) is 25.8 Å². The van der Waals surface area contributed by atoms with E-state index in [1.807, 2.05) is 0 Å². The highest BCUT2D eigenvalue weighted by Crippen LogP contribution is 2.35. The lowest BCUT2D eigenvalue weighted by Gasteiger charge is -2.19. The van der Waals surface area contributed by atoms with E-state index >= 15 is 0 Å². The minimum absolute atomic E-state index is 0.0109. The smallest absolute Gasteiger partial charge is 0.317 e. The SMILES string of the molecule is CN(C[C@@H](O)CO)C(=O)NCc1noc(-c2ccc3c(c2)OCO3)n1. The van der Waals surface area contributed by atoms with E-state index in [-0.39, 0.29) is 19.9 Å². The molecule has 1 aliphatic heterocycles. The molecule has 1 aromatic carbocycles. The first kappa shape index (κ1) is 17.0. The predicted molar refractivity (Wildman–Crippen MR) is 83.8 cm³/mol. The van der Waals surface area contributed by atoms with Crippen LogP contribution < -0.4 is 14.8 Å². The lowest BCUT2D eigenvalue weighted by Crippen LogP contribution is -2.41. The number of carbonyl (C=O) groups excluding carboxylic acids is 1. The van der Waals surface area contributed by atoms with Gasteiger partial charge in [-0.3, -0.25) is 0 Å². The predicted octanol–water partition coefficient (Wildman–Crippen LogP) is -0.0401. The van der Waals surface area contributed by atoms with Crippen LogP contribution in [0.3, 0.4) is 0 Å². The van der Waals surface area contributed by atoms with Crippen LogP contribution in [0.25, 0.3) is 11.5 Å². The Labute approximate surface area is 143 Å². The number of carbonyl (C=O) groups is 1. The van der Waals surface area contributed by atoms with Gasteiger partial charge in [-0.2, -0.15) is 4.98 Å². The number of urea groups is 1. The van der Waals surface area contributed by atoms with Crippen molar-refractivity contribution in [1.29, 1.82) is 0 Å². The summed E-state index contributed by atoms with van der Waals surface area (Å²) in [5.74, 6) is 1.86. The Balaban J connectivity index is 1.58. The second-order valence-electron chi connectivity index (χ2n) is 5.46. The monoisotopic (exact) mass is 350 g/mol. The third kappa shape index (κ3) is 3.98. The summed E-state index contributed by atoms with van der Waals surface area (Å²) < 4.78 is 15.7. The number of hydrogen-bond donors (Lipinski definition) is 3. The number of amides is 2. The third-order valence-corrected chi connectivity index (χ3v) is 3.53. The minimum atomic E-state index is -0.987. The summed E-state index contributed by atoms with van der Waals surface area (Å²) in [4.78, 5) is 17.3. The number of rotatable bonds is 6. The molecule has 10 heteroatoms. The van der Waals surface area contributed by atoms with E-state index in [1.54, 1.807) is 18.2 Å². The first-order chi connectivity index (χ1) is 12.1. The van der Waals surface area contributed by atoms with Crippen LogP contribution in [-0.2, 0) is 6.54 Å². The number of nitrogens with zero attached hydrogens (tertiary/aromatic N) is 3. The van der Waals surface area contributed by atoms with Crippen molar-refractivity contribution in [3.63, 3.8) is 0 Å². The van der Waals surface area contributed by atoms with Gasteiger partial charge in [0.25, 0.3) is 5.89 Å². The molecule has 2 heterocycles. The van der Waals surface area contributed by atoms with E-state index in [4.69, 9.17) is 19.1 Å². The molecule has 0 bridgehead atoms. The fourth-order valence-corrected chi connectivity index (χ4v) is 2.22. The summed E-state index contributed by atoms with van der Waals surface area (Å²) in [7, 11) is 1.50. The van der Waals surface area contributed by atoms with Crippen LogP contribution in [0.15, 0.2) is 22.7 Å². The number of benzene rings is 1. The van der Waals surface area contributed by atoms with Gasteiger partial charge in [-0.05, 0) is 18.2 Å². The van der Waals surface area contributed by atoms with E-state index in [2.05, 4.69) is 15.5 Å². The van der Waals surface area contributed by atoms with Crippen molar-refractivity contribution in [3.05, 3.63) is 24.0 Å². The molecule has 134 valence electrons. The summed E-state index contributed by atoms with van der Waals surface area (Å²) in [6.07, 6.45) is -0.987. The van der Waals surface area contributed by atoms with Gasteiger partial charge in [-0.15, -0.1) is 0 Å². The number of fused-ring (bicyclic) bond motifs is 1. The van der Waals surface area contributed by atoms with Crippen LogP contribution in [0.4, 0.5) is 4.79 Å². The maximum Gasteiger partial charge on any atom is 0.317 e. The molecule has 0 saturated carbocycles.